The number of carbonyl (C=O) groups is 4. The highest BCUT2D eigenvalue weighted by Crippen LogP contribution is 2.34. The second-order valence-corrected chi connectivity index (χ2v) is 7.51. The Hall–Kier alpha value is -3.33. The van der Waals surface area contributed by atoms with Gasteiger partial charge in [-0.25, -0.2) is 4.79 Å². The summed E-state index contributed by atoms with van der Waals surface area (Å²) >= 11 is 0.768. The van der Waals surface area contributed by atoms with Crippen LogP contribution in [0, 0.1) is 13.8 Å². The van der Waals surface area contributed by atoms with Gasteiger partial charge in [-0.1, -0.05) is 12.1 Å². The summed E-state index contributed by atoms with van der Waals surface area (Å²) in [6.45, 7) is 3.30. The molecule has 3 rings (SSSR count). The highest BCUT2D eigenvalue weighted by Gasteiger charge is 2.36. The number of hydrogen-bond donors (Lipinski definition) is 0. The lowest BCUT2D eigenvalue weighted by Gasteiger charge is -2.13. The minimum Gasteiger partial charge on any atom is -0.468 e. The summed E-state index contributed by atoms with van der Waals surface area (Å²) in [6, 6.07) is 8.91. The Bertz CT molecular complexity index is 1090. The van der Waals surface area contributed by atoms with E-state index in [1.807, 2.05) is 30.5 Å². The van der Waals surface area contributed by atoms with Crippen molar-refractivity contribution in [2.45, 2.75) is 13.8 Å². The number of hydrogen-bond acceptors (Lipinski definition) is 7. The fourth-order valence-corrected chi connectivity index (χ4v) is 4.06. The molecule has 1 fully saturated rings. The van der Waals surface area contributed by atoms with Crippen molar-refractivity contribution < 1.29 is 28.7 Å². The highest BCUT2D eigenvalue weighted by molar-refractivity contribution is 8.18. The van der Waals surface area contributed by atoms with Gasteiger partial charge in [0.2, 0.25) is 0 Å². The minimum absolute atomic E-state index is 0.213. The van der Waals surface area contributed by atoms with Crippen LogP contribution in [0.4, 0.5) is 4.79 Å². The van der Waals surface area contributed by atoms with Gasteiger partial charge < -0.3 is 14.0 Å². The zero-order chi connectivity index (χ0) is 22.0. The van der Waals surface area contributed by atoms with E-state index in [1.165, 1.54) is 14.2 Å². The normalized spacial score (nSPS) is 15.1. The molecule has 0 N–H and O–H groups in total. The maximum atomic E-state index is 12.6. The van der Waals surface area contributed by atoms with Gasteiger partial charge in [-0.2, -0.15) is 0 Å². The predicted octanol–water partition coefficient (Wildman–Crippen LogP) is 3.09. The molecule has 0 radical (unpaired) electrons. The second-order valence-electron chi connectivity index (χ2n) is 6.51. The van der Waals surface area contributed by atoms with Gasteiger partial charge in [0, 0.05) is 11.4 Å². The van der Waals surface area contributed by atoms with Crippen LogP contribution in [0.1, 0.15) is 27.3 Å². The number of methoxy groups -OCH3 is 2. The van der Waals surface area contributed by atoms with Crippen molar-refractivity contribution >= 4 is 40.9 Å². The summed E-state index contributed by atoms with van der Waals surface area (Å²) in [5, 5.41) is -0.526. The van der Waals surface area contributed by atoms with E-state index in [0.717, 1.165) is 33.6 Å². The molecule has 1 aromatic heterocycles. The molecule has 2 amide bonds. The molecule has 8 nitrogen and oxygen atoms in total. The highest BCUT2D eigenvalue weighted by atomic mass is 32.2. The maximum Gasteiger partial charge on any atom is 0.339 e. The van der Waals surface area contributed by atoms with Crippen molar-refractivity contribution in [3.8, 4) is 5.69 Å². The number of ether oxygens (including phenoxy) is 2. The van der Waals surface area contributed by atoms with Gasteiger partial charge in [-0.15, -0.1) is 0 Å². The third kappa shape index (κ3) is 3.88. The minimum atomic E-state index is -0.670. The van der Waals surface area contributed by atoms with E-state index < -0.39 is 29.6 Å². The van der Waals surface area contributed by atoms with Crippen LogP contribution in [0.5, 0.6) is 0 Å². The number of nitrogens with zero attached hydrogens (tertiary/aromatic N) is 2. The number of rotatable bonds is 5. The molecule has 2 heterocycles. The lowest BCUT2D eigenvalue weighted by atomic mass is 10.1. The summed E-state index contributed by atoms with van der Waals surface area (Å²) in [4.78, 5) is 49.4. The van der Waals surface area contributed by atoms with E-state index in [1.54, 1.807) is 24.3 Å². The molecule has 2 aromatic rings. The largest absolute Gasteiger partial charge is 0.468 e. The average molecular weight is 428 g/mol. The van der Waals surface area contributed by atoms with Crippen LogP contribution in [0.25, 0.3) is 11.8 Å². The van der Waals surface area contributed by atoms with Gasteiger partial charge in [0.05, 0.1) is 30.4 Å². The van der Waals surface area contributed by atoms with Crippen molar-refractivity contribution in [3.05, 3.63) is 57.8 Å². The molecule has 0 bridgehead atoms. The molecule has 0 unspecified atom stereocenters. The smallest absolute Gasteiger partial charge is 0.339 e. The van der Waals surface area contributed by atoms with Gasteiger partial charge in [-0.3, -0.25) is 19.3 Å². The lowest BCUT2D eigenvalue weighted by molar-refractivity contribution is -0.143. The van der Waals surface area contributed by atoms with Crippen molar-refractivity contribution in [1.29, 1.82) is 0 Å². The standard InChI is InChI=1S/C21H20N2O6S/c1-12-9-14(10-17-19(25)22(21(27)30-17)11-18(24)28-3)13(2)23(12)16-8-6-5-7-15(16)20(26)29-4/h5-10H,11H2,1-4H3. The van der Waals surface area contributed by atoms with Crippen LogP contribution in [-0.4, -0.2) is 53.3 Å². The summed E-state index contributed by atoms with van der Waals surface area (Å²) in [7, 11) is 2.52. The van der Waals surface area contributed by atoms with Crippen molar-refractivity contribution in [2.75, 3.05) is 20.8 Å². The third-order valence-electron chi connectivity index (χ3n) is 4.70. The Morgan fingerprint density at radius 1 is 1.10 bits per heavy atom. The Kier molecular flexibility index (Phi) is 6.12. The molecule has 1 aliphatic rings. The number of thioether (sulfide) groups is 1. The van der Waals surface area contributed by atoms with Crippen LogP contribution < -0.4 is 0 Å². The van der Waals surface area contributed by atoms with Gasteiger partial charge in [0.25, 0.3) is 11.1 Å². The zero-order valence-electron chi connectivity index (χ0n) is 16.9. The molecule has 1 saturated heterocycles. The average Bonchev–Trinajstić information content (AvgIpc) is 3.16. The molecule has 156 valence electrons. The van der Waals surface area contributed by atoms with Crippen molar-refractivity contribution in [3.63, 3.8) is 0 Å². The molecule has 0 aliphatic carbocycles. The van der Waals surface area contributed by atoms with E-state index in [0.29, 0.717) is 11.3 Å². The molecule has 0 atom stereocenters. The number of para-hydroxylation sites is 1. The number of amides is 2. The molecular formula is C21H20N2O6S. The molecular weight excluding hydrogens is 408 g/mol. The number of aromatic nitrogens is 1. The quantitative estimate of drug-likeness (QED) is 0.533. The number of esters is 2. The first-order valence-electron chi connectivity index (χ1n) is 8.97. The van der Waals surface area contributed by atoms with Crippen LogP contribution in [0.15, 0.2) is 35.2 Å². The van der Waals surface area contributed by atoms with E-state index in [2.05, 4.69) is 4.74 Å². The van der Waals surface area contributed by atoms with Crippen LogP contribution >= 0.6 is 11.8 Å². The van der Waals surface area contributed by atoms with Crippen molar-refractivity contribution in [1.82, 2.24) is 9.47 Å². The predicted molar refractivity (Wildman–Crippen MR) is 111 cm³/mol. The van der Waals surface area contributed by atoms with E-state index in [-0.39, 0.29) is 4.91 Å². The van der Waals surface area contributed by atoms with E-state index in [9.17, 15) is 19.2 Å². The van der Waals surface area contributed by atoms with Crippen LogP contribution in [0.3, 0.4) is 0 Å². The Morgan fingerprint density at radius 3 is 2.47 bits per heavy atom. The van der Waals surface area contributed by atoms with Gasteiger partial charge in [-0.05, 0) is 55.4 Å². The van der Waals surface area contributed by atoms with Gasteiger partial charge in [0.1, 0.15) is 6.54 Å². The van der Waals surface area contributed by atoms with Crippen LogP contribution in [0.2, 0.25) is 0 Å². The number of imide groups is 1. The summed E-state index contributed by atoms with van der Waals surface area (Å²) in [5.41, 5.74) is 3.40. The SMILES string of the molecule is COC(=O)CN1C(=O)SC(=Cc2cc(C)n(-c3ccccc3C(=O)OC)c2C)C1=O. The van der Waals surface area contributed by atoms with Crippen LogP contribution in [-0.2, 0) is 19.1 Å². The van der Waals surface area contributed by atoms with Gasteiger partial charge in [0.15, 0.2) is 0 Å². The Labute approximate surface area is 177 Å². The van der Waals surface area contributed by atoms with E-state index in [4.69, 9.17) is 4.74 Å². The Morgan fingerprint density at radius 2 is 1.80 bits per heavy atom. The summed E-state index contributed by atoms with van der Waals surface area (Å²) < 4.78 is 11.3. The first kappa shape index (κ1) is 21.4. The molecule has 30 heavy (non-hydrogen) atoms. The fourth-order valence-electron chi connectivity index (χ4n) is 3.23. The molecule has 0 saturated carbocycles. The molecule has 1 aliphatic heterocycles. The molecule has 9 heteroatoms. The topological polar surface area (TPSA) is 94.9 Å². The Balaban J connectivity index is 2.00. The van der Waals surface area contributed by atoms with Gasteiger partial charge >= 0.3 is 11.9 Å². The number of benzene rings is 1. The second kappa shape index (κ2) is 8.58. The van der Waals surface area contributed by atoms with Crippen molar-refractivity contribution in [2.24, 2.45) is 0 Å². The first-order valence-corrected chi connectivity index (χ1v) is 9.79. The molecule has 0 spiro atoms. The fraction of sp³-hybridized carbons (Fsp3) is 0.238. The summed E-state index contributed by atoms with van der Waals surface area (Å²) in [5.74, 6) is -1.67. The van der Waals surface area contributed by atoms with E-state index >= 15 is 0 Å². The first-order chi connectivity index (χ1) is 14.3. The lowest BCUT2D eigenvalue weighted by Crippen LogP contribution is -2.34. The maximum absolute atomic E-state index is 12.6. The zero-order valence-corrected chi connectivity index (χ0v) is 17.7. The third-order valence-corrected chi connectivity index (χ3v) is 5.60. The number of carbonyl (C=O) groups excluding carboxylic acids is 4. The summed E-state index contributed by atoms with van der Waals surface area (Å²) in [6.07, 6.45) is 1.61. The monoisotopic (exact) mass is 428 g/mol. The molecule has 1 aromatic carbocycles. The number of aryl methyl sites for hydroxylation is 1.